The van der Waals surface area contributed by atoms with E-state index in [1.807, 2.05) is 25.1 Å². The molecule has 0 fully saturated rings. The summed E-state index contributed by atoms with van der Waals surface area (Å²) in [5.41, 5.74) is 1.59. The molecule has 1 unspecified atom stereocenters. The second-order valence-corrected chi connectivity index (χ2v) is 4.90. The summed E-state index contributed by atoms with van der Waals surface area (Å²) in [6.07, 6.45) is 4.39. The van der Waals surface area contributed by atoms with Gasteiger partial charge in [-0.25, -0.2) is 4.98 Å². The molecule has 0 aliphatic rings. The molecular weight excluding hydrogens is 240 g/mol. The van der Waals surface area contributed by atoms with Crippen LogP contribution in [0, 0.1) is 6.92 Å². The second-order valence-electron chi connectivity index (χ2n) is 4.90. The first kappa shape index (κ1) is 13.7. The van der Waals surface area contributed by atoms with Gasteiger partial charge in [-0.05, 0) is 25.0 Å². The van der Waals surface area contributed by atoms with Gasteiger partial charge in [0.25, 0.3) is 5.56 Å². The van der Waals surface area contributed by atoms with Gasteiger partial charge in [-0.15, -0.1) is 0 Å². The molecule has 102 valence electrons. The molecule has 19 heavy (non-hydrogen) atoms. The van der Waals surface area contributed by atoms with Gasteiger partial charge in [0.1, 0.15) is 0 Å². The Bertz CT molecular complexity index is 619. The predicted molar refractivity (Wildman–Crippen MR) is 76.4 cm³/mol. The zero-order chi connectivity index (χ0) is 13.8. The maximum absolute atomic E-state index is 12.5. The Labute approximate surface area is 112 Å². The zero-order valence-corrected chi connectivity index (χ0v) is 11.5. The van der Waals surface area contributed by atoms with Gasteiger partial charge in [0, 0.05) is 0 Å². The summed E-state index contributed by atoms with van der Waals surface area (Å²) in [4.78, 5) is 16.9. The van der Waals surface area contributed by atoms with Crippen molar-refractivity contribution >= 4 is 10.9 Å². The Morgan fingerprint density at radius 2 is 2.21 bits per heavy atom. The van der Waals surface area contributed by atoms with Crippen LogP contribution >= 0.6 is 0 Å². The van der Waals surface area contributed by atoms with Crippen LogP contribution in [0.1, 0.15) is 37.8 Å². The smallest absolute Gasteiger partial charge is 0.261 e. The van der Waals surface area contributed by atoms with E-state index in [9.17, 15) is 9.90 Å². The Morgan fingerprint density at radius 1 is 1.42 bits per heavy atom. The molecule has 1 aromatic carbocycles. The summed E-state index contributed by atoms with van der Waals surface area (Å²) in [7, 11) is 0. The summed E-state index contributed by atoms with van der Waals surface area (Å²) in [5, 5.41) is 10.1. The third-order valence-electron chi connectivity index (χ3n) is 3.52. The first-order valence-electron chi connectivity index (χ1n) is 6.76. The Balaban J connectivity index is 2.52. The highest BCUT2D eigenvalue weighted by Crippen LogP contribution is 2.16. The normalized spacial score (nSPS) is 12.8. The second kappa shape index (κ2) is 5.97. The number of aryl methyl sites for hydroxylation is 1. The van der Waals surface area contributed by atoms with Crippen LogP contribution in [0.3, 0.4) is 0 Å². The van der Waals surface area contributed by atoms with Gasteiger partial charge in [0.15, 0.2) is 0 Å². The minimum absolute atomic E-state index is 0.0288. The lowest BCUT2D eigenvalue weighted by Gasteiger charge is -2.17. The van der Waals surface area contributed by atoms with Crippen molar-refractivity contribution in [3.8, 4) is 0 Å². The highest BCUT2D eigenvalue weighted by atomic mass is 16.3. The van der Waals surface area contributed by atoms with E-state index in [-0.39, 0.29) is 18.2 Å². The monoisotopic (exact) mass is 260 g/mol. The number of rotatable bonds is 5. The fraction of sp³-hybridized carbons (Fsp3) is 0.467. The van der Waals surface area contributed by atoms with Crippen molar-refractivity contribution in [1.82, 2.24) is 9.55 Å². The first-order chi connectivity index (χ1) is 9.19. The van der Waals surface area contributed by atoms with Gasteiger partial charge >= 0.3 is 0 Å². The average molecular weight is 260 g/mol. The van der Waals surface area contributed by atoms with E-state index in [2.05, 4.69) is 11.9 Å². The van der Waals surface area contributed by atoms with Crippen molar-refractivity contribution in [2.45, 2.75) is 39.2 Å². The number of nitrogens with zero attached hydrogens (tertiary/aromatic N) is 2. The lowest BCUT2D eigenvalue weighted by molar-refractivity contribution is 0.215. The Morgan fingerprint density at radius 3 is 2.89 bits per heavy atom. The van der Waals surface area contributed by atoms with Crippen LogP contribution in [0.4, 0.5) is 0 Å². The molecule has 0 radical (unpaired) electrons. The Kier molecular flexibility index (Phi) is 4.32. The van der Waals surface area contributed by atoms with E-state index in [1.165, 1.54) is 0 Å². The summed E-state index contributed by atoms with van der Waals surface area (Å²) < 4.78 is 1.57. The maximum Gasteiger partial charge on any atom is 0.261 e. The number of fused-ring (bicyclic) bond motifs is 1. The standard InChI is InChI=1S/C15H20N2O2/c1-3-4-7-12(9-18)17-10-16-13-8-5-6-11(2)14(13)15(17)19/h5-6,8,10,12,18H,3-4,7,9H2,1-2H3. The van der Waals surface area contributed by atoms with Crippen LogP contribution in [-0.4, -0.2) is 21.3 Å². The van der Waals surface area contributed by atoms with Gasteiger partial charge < -0.3 is 5.11 Å². The molecule has 0 spiro atoms. The molecule has 0 aliphatic heterocycles. The van der Waals surface area contributed by atoms with Crippen molar-refractivity contribution in [2.24, 2.45) is 0 Å². The van der Waals surface area contributed by atoms with E-state index in [1.54, 1.807) is 10.9 Å². The molecule has 0 bridgehead atoms. The number of hydrogen-bond donors (Lipinski definition) is 1. The number of aliphatic hydroxyl groups excluding tert-OH is 1. The number of aliphatic hydroxyl groups is 1. The van der Waals surface area contributed by atoms with E-state index >= 15 is 0 Å². The third-order valence-corrected chi connectivity index (χ3v) is 3.52. The molecule has 1 atom stereocenters. The first-order valence-corrected chi connectivity index (χ1v) is 6.76. The lowest BCUT2D eigenvalue weighted by Crippen LogP contribution is -2.27. The van der Waals surface area contributed by atoms with Crippen LogP contribution in [-0.2, 0) is 0 Å². The highest BCUT2D eigenvalue weighted by Gasteiger charge is 2.14. The number of hydrogen-bond acceptors (Lipinski definition) is 3. The third kappa shape index (κ3) is 2.68. The van der Waals surface area contributed by atoms with Gasteiger partial charge in [0.05, 0.1) is 29.9 Å². The van der Waals surface area contributed by atoms with Crippen LogP contribution in [0.25, 0.3) is 10.9 Å². The van der Waals surface area contributed by atoms with E-state index < -0.39 is 0 Å². The number of benzene rings is 1. The van der Waals surface area contributed by atoms with Crippen molar-refractivity contribution in [1.29, 1.82) is 0 Å². The quantitative estimate of drug-likeness (QED) is 0.898. The fourth-order valence-corrected chi connectivity index (χ4v) is 2.36. The van der Waals surface area contributed by atoms with E-state index in [0.29, 0.717) is 10.9 Å². The molecule has 1 N–H and O–H groups in total. The number of aromatic nitrogens is 2. The Hall–Kier alpha value is -1.68. The van der Waals surface area contributed by atoms with Crippen LogP contribution in [0.5, 0.6) is 0 Å². The summed E-state index contributed by atoms with van der Waals surface area (Å²) >= 11 is 0. The summed E-state index contributed by atoms with van der Waals surface area (Å²) in [6, 6.07) is 5.47. The molecule has 0 saturated heterocycles. The van der Waals surface area contributed by atoms with Crippen LogP contribution < -0.4 is 5.56 Å². The average Bonchev–Trinajstić information content (AvgIpc) is 2.41. The summed E-state index contributed by atoms with van der Waals surface area (Å²) in [6.45, 7) is 3.98. The molecule has 4 heteroatoms. The van der Waals surface area contributed by atoms with Crippen molar-refractivity contribution in [3.63, 3.8) is 0 Å². The molecule has 2 rings (SSSR count). The van der Waals surface area contributed by atoms with Crippen molar-refractivity contribution in [2.75, 3.05) is 6.61 Å². The molecule has 1 heterocycles. The molecule has 0 saturated carbocycles. The van der Waals surface area contributed by atoms with Crippen LogP contribution in [0.15, 0.2) is 29.3 Å². The maximum atomic E-state index is 12.5. The molecule has 0 aliphatic carbocycles. The van der Waals surface area contributed by atoms with Gasteiger partial charge in [-0.1, -0.05) is 31.9 Å². The van der Waals surface area contributed by atoms with Gasteiger partial charge in [-0.2, -0.15) is 0 Å². The highest BCUT2D eigenvalue weighted by molar-refractivity contribution is 5.80. The fourth-order valence-electron chi connectivity index (χ4n) is 2.36. The molecule has 1 aromatic heterocycles. The van der Waals surface area contributed by atoms with E-state index in [4.69, 9.17) is 0 Å². The van der Waals surface area contributed by atoms with Gasteiger partial charge in [-0.3, -0.25) is 9.36 Å². The zero-order valence-electron chi connectivity index (χ0n) is 11.5. The topological polar surface area (TPSA) is 55.1 Å². The molecule has 0 amide bonds. The SMILES string of the molecule is CCCCC(CO)n1cnc2cccc(C)c2c1=O. The molecule has 2 aromatic rings. The number of unbranched alkanes of at least 4 members (excludes halogenated alkanes) is 1. The predicted octanol–water partition coefficient (Wildman–Crippen LogP) is 2.43. The van der Waals surface area contributed by atoms with Crippen molar-refractivity contribution < 1.29 is 5.11 Å². The molecular formula is C15H20N2O2. The molecule has 4 nitrogen and oxygen atoms in total. The summed E-state index contributed by atoms with van der Waals surface area (Å²) in [5.74, 6) is 0. The largest absolute Gasteiger partial charge is 0.394 e. The minimum atomic E-state index is -0.177. The van der Waals surface area contributed by atoms with E-state index in [0.717, 1.165) is 24.8 Å². The minimum Gasteiger partial charge on any atom is -0.394 e. The van der Waals surface area contributed by atoms with Crippen LogP contribution in [0.2, 0.25) is 0 Å². The lowest BCUT2D eigenvalue weighted by atomic mass is 10.1. The van der Waals surface area contributed by atoms with Crippen molar-refractivity contribution in [3.05, 3.63) is 40.4 Å². The van der Waals surface area contributed by atoms with Gasteiger partial charge in [0.2, 0.25) is 0 Å².